The number of carbonyl (C=O) groups excluding carboxylic acids is 2. The molecule has 2 unspecified atom stereocenters. The minimum atomic E-state index is -0.622. The lowest BCUT2D eigenvalue weighted by atomic mass is 10.0. The van der Waals surface area contributed by atoms with E-state index < -0.39 is 6.04 Å². The van der Waals surface area contributed by atoms with E-state index >= 15 is 0 Å². The first-order chi connectivity index (χ1) is 15.1. The third-order valence-corrected chi connectivity index (χ3v) is 5.53. The molecule has 0 aromatic heterocycles. The number of nitrogens with one attached hydrogen (secondary N) is 2. The summed E-state index contributed by atoms with van der Waals surface area (Å²) in [6, 6.07) is 17.0. The third kappa shape index (κ3) is 6.69. The summed E-state index contributed by atoms with van der Waals surface area (Å²) in [5.74, 6) is 0.324. The van der Waals surface area contributed by atoms with Gasteiger partial charge in [-0.2, -0.15) is 0 Å². The number of hydrogen-bond acceptors (Lipinski definition) is 4. The molecule has 1 aliphatic heterocycles. The Morgan fingerprint density at radius 3 is 2.39 bits per heavy atom. The van der Waals surface area contributed by atoms with E-state index in [9.17, 15) is 9.59 Å². The summed E-state index contributed by atoms with van der Waals surface area (Å²) in [5.41, 5.74) is 2.08. The van der Waals surface area contributed by atoms with Crippen LogP contribution in [-0.2, 0) is 9.59 Å². The number of benzene rings is 2. The molecule has 0 aliphatic carbocycles. The van der Waals surface area contributed by atoms with Crippen LogP contribution in [0.4, 0.5) is 0 Å². The van der Waals surface area contributed by atoms with Gasteiger partial charge in [-0.3, -0.25) is 14.5 Å². The molecule has 6 heteroatoms. The van der Waals surface area contributed by atoms with Gasteiger partial charge in [-0.15, -0.1) is 0 Å². The molecule has 0 bridgehead atoms. The second-order valence-electron chi connectivity index (χ2n) is 7.75. The summed E-state index contributed by atoms with van der Waals surface area (Å²) in [6.07, 6.45) is 5.51. The van der Waals surface area contributed by atoms with Crippen molar-refractivity contribution < 1.29 is 14.3 Å². The van der Waals surface area contributed by atoms with Crippen molar-refractivity contribution in [2.45, 2.75) is 31.8 Å². The number of hydrogen-bond donors (Lipinski definition) is 2. The van der Waals surface area contributed by atoms with Crippen LogP contribution in [0.1, 0.15) is 36.9 Å². The molecule has 2 amide bonds. The molecule has 31 heavy (non-hydrogen) atoms. The Hall–Kier alpha value is -3.12. The lowest BCUT2D eigenvalue weighted by molar-refractivity contribution is -0.126. The first kappa shape index (κ1) is 22.6. The summed E-state index contributed by atoms with van der Waals surface area (Å²) in [6.45, 7) is 4.22. The number of likely N-dealkylation sites (tertiary alicyclic amines) is 1. The number of nitrogens with zero attached hydrogens (tertiary/aromatic N) is 1. The van der Waals surface area contributed by atoms with E-state index in [1.165, 1.54) is 18.9 Å². The summed E-state index contributed by atoms with van der Waals surface area (Å²) < 4.78 is 5.26. The molecular formula is C25H31N3O3. The smallest absolute Gasteiger partial charge is 0.244 e. The van der Waals surface area contributed by atoms with Gasteiger partial charge in [0.15, 0.2) is 0 Å². The van der Waals surface area contributed by atoms with Crippen LogP contribution in [0.25, 0.3) is 6.08 Å². The standard InChI is InChI=1S/C25H31N3O3/c1-19(27-24(29)15-10-20-8-4-3-5-9-20)25(30)26-18-23(28-16-6-7-17-28)21-11-13-22(31-2)14-12-21/h3-5,8-15,19,23H,6-7,16-18H2,1-2H3,(H,26,30)(H,27,29)/b15-10+. The van der Waals surface area contributed by atoms with E-state index in [2.05, 4.69) is 15.5 Å². The maximum atomic E-state index is 12.6. The van der Waals surface area contributed by atoms with Crippen molar-refractivity contribution in [1.29, 1.82) is 0 Å². The highest BCUT2D eigenvalue weighted by Gasteiger charge is 2.25. The number of rotatable bonds is 9. The SMILES string of the molecule is COc1ccc(C(CNC(=O)C(C)NC(=O)/C=C/c2ccccc2)N2CCCC2)cc1. The largest absolute Gasteiger partial charge is 0.497 e. The summed E-state index contributed by atoms with van der Waals surface area (Å²) >= 11 is 0. The van der Waals surface area contributed by atoms with Crippen LogP contribution < -0.4 is 15.4 Å². The third-order valence-electron chi connectivity index (χ3n) is 5.53. The van der Waals surface area contributed by atoms with Gasteiger partial charge in [-0.25, -0.2) is 0 Å². The van der Waals surface area contributed by atoms with Crippen LogP contribution in [0, 0.1) is 0 Å². The van der Waals surface area contributed by atoms with Crippen LogP contribution in [0.15, 0.2) is 60.7 Å². The van der Waals surface area contributed by atoms with Crippen LogP contribution in [-0.4, -0.2) is 49.5 Å². The van der Waals surface area contributed by atoms with E-state index in [1.54, 1.807) is 20.1 Å². The Balaban J connectivity index is 1.55. The van der Waals surface area contributed by atoms with E-state index in [0.29, 0.717) is 6.54 Å². The van der Waals surface area contributed by atoms with Crippen molar-refractivity contribution in [3.63, 3.8) is 0 Å². The molecule has 2 aromatic rings. The fraction of sp³-hybridized carbons (Fsp3) is 0.360. The normalized spacial score (nSPS) is 16.1. The first-order valence-electron chi connectivity index (χ1n) is 10.8. The average Bonchev–Trinajstić information content (AvgIpc) is 3.33. The minimum Gasteiger partial charge on any atom is -0.497 e. The first-order valence-corrected chi connectivity index (χ1v) is 10.8. The Bertz CT molecular complexity index is 875. The number of ether oxygens (including phenoxy) is 1. The molecule has 0 spiro atoms. The predicted molar refractivity (Wildman–Crippen MR) is 123 cm³/mol. The Kier molecular flexibility index (Phi) is 8.24. The van der Waals surface area contributed by atoms with Crippen molar-refractivity contribution in [2.24, 2.45) is 0 Å². The van der Waals surface area contributed by atoms with Crippen molar-refractivity contribution in [3.8, 4) is 5.75 Å². The molecule has 0 radical (unpaired) electrons. The maximum Gasteiger partial charge on any atom is 0.244 e. The van der Waals surface area contributed by atoms with Crippen LogP contribution >= 0.6 is 0 Å². The van der Waals surface area contributed by atoms with E-state index in [4.69, 9.17) is 4.74 Å². The highest BCUT2D eigenvalue weighted by Crippen LogP contribution is 2.26. The Labute approximate surface area is 184 Å². The molecule has 2 N–H and O–H groups in total. The molecule has 1 fully saturated rings. The molecule has 1 heterocycles. The summed E-state index contributed by atoms with van der Waals surface area (Å²) in [5, 5.41) is 5.75. The van der Waals surface area contributed by atoms with Gasteiger partial charge in [0.2, 0.25) is 11.8 Å². The molecule has 1 saturated heterocycles. The topological polar surface area (TPSA) is 70.7 Å². The predicted octanol–water partition coefficient (Wildman–Crippen LogP) is 3.17. The van der Waals surface area contributed by atoms with Gasteiger partial charge in [-0.1, -0.05) is 42.5 Å². The quantitative estimate of drug-likeness (QED) is 0.610. The zero-order valence-electron chi connectivity index (χ0n) is 18.2. The van der Waals surface area contributed by atoms with E-state index in [1.807, 2.05) is 54.6 Å². The van der Waals surface area contributed by atoms with E-state index in [-0.39, 0.29) is 17.9 Å². The van der Waals surface area contributed by atoms with Crippen LogP contribution in [0.5, 0.6) is 5.75 Å². The van der Waals surface area contributed by atoms with Crippen LogP contribution in [0.3, 0.4) is 0 Å². The summed E-state index contributed by atoms with van der Waals surface area (Å²) in [7, 11) is 1.65. The Morgan fingerprint density at radius 1 is 1.06 bits per heavy atom. The van der Waals surface area contributed by atoms with Gasteiger partial charge < -0.3 is 15.4 Å². The molecule has 6 nitrogen and oxygen atoms in total. The second kappa shape index (κ2) is 11.3. The number of carbonyl (C=O) groups is 2. The molecule has 164 valence electrons. The van der Waals surface area contributed by atoms with Crippen molar-refractivity contribution in [1.82, 2.24) is 15.5 Å². The summed E-state index contributed by atoms with van der Waals surface area (Å²) in [4.78, 5) is 27.2. The van der Waals surface area contributed by atoms with Gasteiger partial charge in [-0.05, 0) is 62.2 Å². The zero-order valence-corrected chi connectivity index (χ0v) is 18.2. The molecule has 1 aliphatic rings. The maximum absolute atomic E-state index is 12.6. The van der Waals surface area contributed by atoms with E-state index in [0.717, 1.165) is 30.0 Å². The van der Waals surface area contributed by atoms with Crippen molar-refractivity contribution >= 4 is 17.9 Å². The minimum absolute atomic E-state index is 0.0956. The number of amides is 2. The molecule has 2 atom stereocenters. The molecule has 3 rings (SSSR count). The lowest BCUT2D eigenvalue weighted by Gasteiger charge is -2.29. The lowest BCUT2D eigenvalue weighted by Crippen LogP contribution is -2.46. The highest BCUT2D eigenvalue weighted by molar-refractivity contribution is 5.95. The van der Waals surface area contributed by atoms with Gasteiger partial charge >= 0.3 is 0 Å². The van der Waals surface area contributed by atoms with Gasteiger partial charge in [0.05, 0.1) is 13.2 Å². The fourth-order valence-corrected chi connectivity index (χ4v) is 3.75. The molecule has 0 saturated carbocycles. The van der Waals surface area contributed by atoms with Crippen molar-refractivity contribution in [3.05, 3.63) is 71.8 Å². The van der Waals surface area contributed by atoms with Crippen molar-refractivity contribution in [2.75, 3.05) is 26.7 Å². The van der Waals surface area contributed by atoms with Gasteiger partial charge in [0.1, 0.15) is 11.8 Å². The monoisotopic (exact) mass is 421 g/mol. The molecular weight excluding hydrogens is 390 g/mol. The second-order valence-corrected chi connectivity index (χ2v) is 7.75. The number of methoxy groups -OCH3 is 1. The Morgan fingerprint density at radius 2 is 1.74 bits per heavy atom. The highest BCUT2D eigenvalue weighted by atomic mass is 16.5. The molecule has 2 aromatic carbocycles. The zero-order chi connectivity index (χ0) is 22.1. The van der Waals surface area contributed by atoms with Crippen LogP contribution in [0.2, 0.25) is 0 Å². The van der Waals surface area contributed by atoms with Gasteiger partial charge in [0, 0.05) is 12.6 Å². The average molecular weight is 422 g/mol. The van der Waals surface area contributed by atoms with Gasteiger partial charge in [0.25, 0.3) is 0 Å². The fourth-order valence-electron chi connectivity index (χ4n) is 3.75.